The minimum atomic E-state index is -3.15. The molecule has 2 unspecified atom stereocenters. The third-order valence-corrected chi connectivity index (χ3v) is 5.16. The second-order valence-electron chi connectivity index (χ2n) is 9.41. The molecule has 0 aliphatic rings. The molecule has 0 saturated carbocycles. The van der Waals surface area contributed by atoms with E-state index in [2.05, 4.69) is 66.0 Å². The number of carbonyl (C=O) groups excluding carboxylic acids is 1. The first-order valence-corrected chi connectivity index (χ1v) is 11.8. The minimum absolute atomic E-state index is 0.0634. The summed E-state index contributed by atoms with van der Waals surface area (Å²) in [5.41, 5.74) is 2.80. The van der Waals surface area contributed by atoms with Crippen molar-refractivity contribution in [3.63, 3.8) is 0 Å². The van der Waals surface area contributed by atoms with Gasteiger partial charge in [0, 0.05) is 11.1 Å². The fraction of sp³-hybridized carbons (Fsp3) is 0.625. The van der Waals surface area contributed by atoms with E-state index < -0.39 is 14.4 Å². The van der Waals surface area contributed by atoms with Crippen molar-refractivity contribution in [1.29, 1.82) is 0 Å². The molecule has 6 heteroatoms. The van der Waals surface area contributed by atoms with Gasteiger partial charge in [-0.1, -0.05) is 74.3 Å². The van der Waals surface area contributed by atoms with E-state index in [0.29, 0.717) is 0 Å². The van der Waals surface area contributed by atoms with Gasteiger partial charge in [0.2, 0.25) is 0 Å². The Balaban J connectivity index is 0.00000192. The van der Waals surface area contributed by atoms with E-state index >= 15 is 0 Å². The van der Waals surface area contributed by atoms with Crippen molar-refractivity contribution in [2.75, 3.05) is 7.11 Å². The summed E-state index contributed by atoms with van der Waals surface area (Å²) in [5.74, 6) is 0.344. The number of benzene rings is 1. The molecule has 0 spiro atoms. The highest BCUT2D eigenvalue weighted by atomic mass is 31.1. The van der Waals surface area contributed by atoms with Crippen LogP contribution in [0.15, 0.2) is 18.2 Å². The molecule has 0 bridgehead atoms. The van der Waals surface area contributed by atoms with Crippen LogP contribution in [0.3, 0.4) is 0 Å². The third kappa shape index (κ3) is 9.59. The number of hydrogen-bond donors (Lipinski definition) is 1. The second-order valence-corrected chi connectivity index (χ2v) is 10.2. The highest BCUT2D eigenvalue weighted by Gasteiger charge is 2.25. The molecule has 0 radical (unpaired) electrons. The van der Waals surface area contributed by atoms with E-state index in [4.69, 9.17) is 9.63 Å². The van der Waals surface area contributed by atoms with Gasteiger partial charge in [-0.15, -0.1) is 0 Å². The van der Waals surface area contributed by atoms with Gasteiger partial charge in [-0.25, -0.2) is 0 Å². The number of unbranched alkanes of at least 4 members (excludes halogenated alkanes) is 1. The molecule has 0 fully saturated rings. The smallest absolute Gasteiger partial charge is 0.317 e. The Morgan fingerprint density at radius 3 is 2.00 bits per heavy atom. The highest BCUT2D eigenvalue weighted by molar-refractivity contribution is 7.32. The Labute approximate surface area is 183 Å². The lowest BCUT2D eigenvalue weighted by molar-refractivity contribution is -0.120. The Kier molecular flexibility index (Phi) is 11.8. The van der Waals surface area contributed by atoms with Crippen LogP contribution in [-0.2, 0) is 24.7 Å². The average molecular weight is 441 g/mol. The van der Waals surface area contributed by atoms with Gasteiger partial charge in [0.25, 0.3) is 0 Å². The quantitative estimate of drug-likeness (QED) is 0.389. The number of ketones is 1. The number of carbonyl (C=O) groups is 1. The fourth-order valence-corrected chi connectivity index (χ4v) is 2.93. The molecule has 1 rings (SSSR count). The van der Waals surface area contributed by atoms with Crippen LogP contribution in [0.25, 0.3) is 6.08 Å². The third-order valence-electron chi connectivity index (χ3n) is 4.60. The fourth-order valence-electron chi connectivity index (χ4n) is 2.51. The summed E-state index contributed by atoms with van der Waals surface area (Å²) in [7, 11) is -1.54. The summed E-state index contributed by atoms with van der Waals surface area (Å²) in [6.07, 6.45) is 4.72. The molecular formula is C24H41O5P. The van der Waals surface area contributed by atoms with Crippen molar-refractivity contribution in [3.05, 3.63) is 34.9 Å². The highest BCUT2D eigenvalue weighted by Crippen LogP contribution is 2.38. The van der Waals surface area contributed by atoms with Gasteiger partial charge in [-0.3, -0.25) is 13.9 Å². The molecule has 1 N–H and O–H groups in total. The zero-order valence-electron chi connectivity index (χ0n) is 20.4. The number of methoxy groups -OCH3 is 1. The van der Waals surface area contributed by atoms with E-state index in [1.54, 1.807) is 13.2 Å². The first-order chi connectivity index (χ1) is 13.7. The Bertz CT molecular complexity index is 737. The lowest BCUT2D eigenvalue weighted by Gasteiger charge is -2.28. The molecule has 5 nitrogen and oxygen atoms in total. The number of rotatable bonds is 7. The Hall–Kier alpha value is -1.42. The molecule has 0 amide bonds. The molecule has 30 heavy (non-hydrogen) atoms. The summed E-state index contributed by atoms with van der Waals surface area (Å²) < 4.78 is 21.1. The molecular weight excluding hydrogens is 399 g/mol. The van der Waals surface area contributed by atoms with Crippen LogP contribution in [0.5, 0.6) is 5.75 Å². The molecule has 0 heterocycles. The molecule has 0 saturated heterocycles. The van der Waals surface area contributed by atoms with Crippen molar-refractivity contribution in [2.45, 2.75) is 92.1 Å². The minimum Gasteiger partial charge on any atom is -0.496 e. The topological polar surface area (TPSA) is 72.8 Å². The summed E-state index contributed by atoms with van der Waals surface area (Å²) in [6.45, 7) is 18.6. The van der Waals surface area contributed by atoms with Crippen LogP contribution in [0.4, 0.5) is 0 Å². The SMILES string of the molecule is CCCC.COc1c(/C=C/C(=O)C(C)O[PH](=O)O)cc(C(C)(C)C)cc1C(C)(C)C. The molecule has 172 valence electrons. The van der Waals surface area contributed by atoms with Crippen molar-refractivity contribution in [1.82, 2.24) is 0 Å². The first-order valence-electron chi connectivity index (χ1n) is 10.5. The number of ether oxygens (including phenoxy) is 1. The second kappa shape index (κ2) is 12.4. The van der Waals surface area contributed by atoms with E-state index in [0.717, 1.165) is 22.4 Å². The van der Waals surface area contributed by atoms with E-state index in [9.17, 15) is 9.36 Å². The van der Waals surface area contributed by atoms with Gasteiger partial charge in [0.15, 0.2) is 5.78 Å². The van der Waals surface area contributed by atoms with Gasteiger partial charge in [-0.05, 0) is 41.5 Å². The van der Waals surface area contributed by atoms with Crippen molar-refractivity contribution >= 4 is 20.1 Å². The van der Waals surface area contributed by atoms with Crippen molar-refractivity contribution in [2.24, 2.45) is 0 Å². The van der Waals surface area contributed by atoms with E-state index in [1.165, 1.54) is 25.8 Å². The largest absolute Gasteiger partial charge is 0.496 e. The molecule has 1 aromatic carbocycles. The van der Waals surface area contributed by atoms with Gasteiger partial charge in [-0.2, -0.15) is 0 Å². The first kappa shape index (κ1) is 28.6. The summed E-state index contributed by atoms with van der Waals surface area (Å²) in [4.78, 5) is 20.9. The molecule has 0 aromatic heterocycles. The zero-order chi connectivity index (χ0) is 23.7. The molecule has 1 aromatic rings. The van der Waals surface area contributed by atoms with Crippen LogP contribution in [0.2, 0.25) is 0 Å². The maximum atomic E-state index is 12.1. The summed E-state index contributed by atoms with van der Waals surface area (Å²) in [5, 5.41) is 0. The molecule has 0 aliphatic heterocycles. The predicted molar refractivity (Wildman–Crippen MR) is 127 cm³/mol. The standard InChI is InChI=1S/C20H31O5P.C4H10/c1-13(25-26(22)23)17(21)10-9-14-11-15(19(2,3)4)12-16(18(14)24-8)20(5,6)7;1-3-4-2/h9-13,26H,1-8H3,(H,22,23);3-4H2,1-2H3/b10-9+;. The zero-order valence-corrected chi connectivity index (χ0v) is 21.4. The van der Waals surface area contributed by atoms with Crippen LogP contribution in [-0.4, -0.2) is 23.9 Å². The van der Waals surface area contributed by atoms with Crippen LogP contribution >= 0.6 is 8.25 Å². The lowest BCUT2D eigenvalue weighted by atomic mass is 9.79. The van der Waals surface area contributed by atoms with Gasteiger partial charge in [0.1, 0.15) is 11.9 Å². The van der Waals surface area contributed by atoms with Gasteiger partial charge >= 0.3 is 8.25 Å². The monoisotopic (exact) mass is 440 g/mol. The maximum absolute atomic E-state index is 12.1. The normalized spacial score (nSPS) is 14.1. The van der Waals surface area contributed by atoms with Crippen LogP contribution in [0.1, 0.15) is 91.8 Å². The predicted octanol–water partition coefficient (Wildman–Crippen LogP) is 6.47. The van der Waals surface area contributed by atoms with E-state index in [1.807, 2.05) is 6.07 Å². The summed E-state index contributed by atoms with van der Waals surface area (Å²) >= 11 is 0. The molecule has 2 atom stereocenters. The number of hydrogen-bond acceptors (Lipinski definition) is 4. The lowest BCUT2D eigenvalue weighted by Crippen LogP contribution is -2.18. The Morgan fingerprint density at radius 1 is 1.10 bits per heavy atom. The Morgan fingerprint density at radius 2 is 1.63 bits per heavy atom. The van der Waals surface area contributed by atoms with Crippen molar-refractivity contribution in [3.8, 4) is 5.75 Å². The van der Waals surface area contributed by atoms with E-state index in [-0.39, 0.29) is 16.6 Å². The maximum Gasteiger partial charge on any atom is 0.317 e. The molecule has 0 aliphatic carbocycles. The van der Waals surface area contributed by atoms with Gasteiger partial charge < -0.3 is 9.63 Å². The summed E-state index contributed by atoms with van der Waals surface area (Å²) in [6, 6.07) is 4.17. The average Bonchev–Trinajstić information content (AvgIpc) is 2.63. The van der Waals surface area contributed by atoms with Crippen LogP contribution < -0.4 is 4.74 Å². The van der Waals surface area contributed by atoms with Crippen molar-refractivity contribution < 1.29 is 23.5 Å². The van der Waals surface area contributed by atoms with Crippen LogP contribution in [0, 0.1) is 0 Å². The van der Waals surface area contributed by atoms with Gasteiger partial charge in [0.05, 0.1) is 7.11 Å².